The number of para-hydroxylation sites is 1. The van der Waals surface area contributed by atoms with Gasteiger partial charge in [0.2, 0.25) is 0 Å². The molecule has 0 aliphatic rings. The molecule has 0 saturated heterocycles. The van der Waals surface area contributed by atoms with Gasteiger partial charge in [0.25, 0.3) is 0 Å². The number of nitrogens with zero attached hydrogens (tertiary/aromatic N) is 3. The Morgan fingerprint density at radius 3 is 2.27 bits per heavy atom. The predicted molar refractivity (Wildman–Crippen MR) is 92.3 cm³/mol. The van der Waals surface area contributed by atoms with Crippen LogP contribution in [0, 0.1) is 0 Å². The first-order valence-corrected chi connectivity index (χ1v) is 8.07. The molecule has 3 nitrogen and oxygen atoms in total. The first kappa shape index (κ1) is 14.6. The minimum absolute atomic E-state index is 0.833. The SMILES string of the molecule is C=C(C)CSc1nnc(-c2ccccc2)n1-c1ccccc1. The lowest BCUT2D eigenvalue weighted by Crippen LogP contribution is -1.99. The van der Waals surface area contributed by atoms with E-state index in [0.29, 0.717) is 0 Å². The van der Waals surface area contributed by atoms with Gasteiger partial charge >= 0.3 is 0 Å². The largest absolute Gasteiger partial charge is 0.270 e. The van der Waals surface area contributed by atoms with Gasteiger partial charge in [0.15, 0.2) is 11.0 Å². The Morgan fingerprint density at radius 1 is 1.00 bits per heavy atom. The van der Waals surface area contributed by atoms with Crippen molar-refractivity contribution in [2.45, 2.75) is 12.1 Å². The van der Waals surface area contributed by atoms with E-state index >= 15 is 0 Å². The predicted octanol–water partition coefficient (Wildman–Crippen LogP) is 4.60. The van der Waals surface area contributed by atoms with Crippen LogP contribution < -0.4 is 0 Å². The second-order valence-corrected chi connectivity index (χ2v) is 6.03. The van der Waals surface area contributed by atoms with Gasteiger partial charge in [-0.25, -0.2) is 0 Å². The summed E-state index contributed by atoms with van der Waals surface area (Å²) in [7, 11) is 0. The summed E-state index contributed by atoms with van der Waals surface area (Å²) in [5.41, 5.74) is 3.24. The van der Waals surface area contributed by atoms with Gasteiger partial charge in [0.05, 0.1) is 0 Å². The topological polar surface area (TPSA) is 30.7 Å². The highest BCUT2D eigenvalue weighted by Crippen LogP contribution is 2.28. The number of aromatic nitrogens is 3. The summed E-state index contributed by atoms with van der Waals surface area (Å²) in [5, 5.41) is 9.66. The Labute approximate surface area is 134 Å². The lowest BCUT2D eigenvalue weighted by molar-refractivity contribution is 0.887. The average Bonchev–Trinajstić information content (AvgIpc) is 2.98. The summed E-state index contributed by atoms with van der Waals surface area (Å²) in [6.45, 7) is 5.98. The molecular formula is C18H17N3S. The van der Waals surface area contributed by atoms with Crippen LogP contribution in [0.5, 0.6) is 0 Å². The molecule has 0 fully saturated rings. The Kier molecular flexibility index (Phi) is 4.39. The van der Waals surface area contributed by atoms with E-state index in [-0.39, 0.29) is 0 Å². The Bertz CT molecular complexity index is 764. The first-order chi connectivity index (χ1) is 10.8. The fourth-order valence-electron chi connectivity index (χ4n) is 2.14. The summed E-state index contributed by atoms with van der Waals surface area (Å²) in [6, 6.07) is 20.3. The van der Waals surface area contributed by atoms with Crippen molar-refractivity contribution in [3.63, 3.8) is 0 Å². The van der Waals surface area contributed by atoms with E-state index in [9.17, 15) is 0 Å². The highest BCUT2D eigenvalue weighted by atomic mass is 32.2. The normalized spacial score (nSPS) is 10.6. The molecule has 22 heavy (non-hydrogen) atoms. The summed E-state index contributed by atoms with van der Waals surface area (Å²) >= 11 is 1.66. The molecule has 0 amide bonds. The summed E-state index contributed by atoms with van der Waals surface area (Å²) in [5.74, 6) is 1.69. The molecule has 0 spiro atoms. The fraction of sp³-hybridized carbons (Fsp3) is 0.111. The van der Waals surface area contributed by atoms with Gasteiger partial charge in [-0.05, 0) is 19.1 Å². The van der Waals surface area contributed by atoms with E-state index < -0.39 is 0 Å². The van der Waals surface area contributed by atoms with Gasteiger partial charge in [0, 0.05) is 17.0 Å². The summed E-state index contributed by atoms with van der Waals surface area (Å²) < 4.78 is 2.10. The monoisotopic (exact) mass is 307 g/mol. The van der Waals surface area contributed by atoms with Crippen LogP contribution in [0.25, 0.3) is 17.1 Å². The van der Waals surface area contributed by atoms with Crippen molar-refractivity contribution in [3.8, 4) is 17.1 Å². The molecule has 0 unspecified atom stereocenters. The zero-order valence-corrected chi connectivity index (χ0v) is 13.3. The van der Waals surface area contributed by atoms with Crippen molar-refractivity contribution in [2.24, 2.45) is 0 Å². The van der Waals surface area contributed by atoms with Crippen molar-refractivity contribution in [1.82, 2.24) is 14.8 Å². The fourth-order valence-corrected chi connectivity index (χ4v) is 2.93. The smallest absolute Gasteiger partial charge is 0.196 e. The molecule has 0 atom stereocenters. The van der Waals surface area contributed by atoms with Gasteiger partial charge in [-0.1, -0.05) is 72.4 Å². The molecule has 2 aromatic carbocycles. The van der Waals surface area contributed by atoms with Gasteiger partial charge in [0.1, 0.15) is 0 Å². The van der Waals surface area contributed by atoms with Crippen molar-refractivity contribution < 1.29 is 0 Å². The second kappa shape index (κ2) is 6.62. The molecule has 0 saturated carbocycles. The third-order valence-corrected chi connectivity index (χ3v) is 4.29. The molecule has 0 aliphatic carbocycles. The Morgan fingerprint density at radius 2 is 1.64 bits per heavy atom. The quantitative estimate of drug-likeness (QED) is 0.510. The molecule has 0 aliphatic heterocycles. The zero-order valence-electron chi connectivity index (χ0n) is 12.4. The van der Waals surface area contributed by atoms with Crippen LogP contribution in [-0.4, -0.2) is 20.5 Å². The van der Waals surface area contributed by atoms with Gasteiger partial charge in [-0.3, -0.25) is 4.57 Å². The van der Waals surface area contributed by atoms with E-state index in [1.54, 1.807) is 11.8 Å². The van der Waals surface area contributed by atoms with Crippen LogP contribution >= 0.6 is 11.8 Å². The molecule has 0 bridgehead atoms. The molecule has 0 radical (unpaired) electrons. The van der Waals surface area contributed by atoms with E-state index in [1.807, 2.05) is 43.3 Å². The number of thioether (sulfide) groups is 1. The van der Waals surface area contributed by atoms with Crippen LogP contribution in [0.3, 0.4) is 0 Å². The van der Waals surface area contributed by atoms with Crippen LogP contribution in [-0.2, 0) is 0 Å². The Balaban J connectivity index is 2.09. The van der Waals surface area contributed by atoms with Crippen LogP contribution in [0.15, 0.2) is 78.0 Å². The minimum atomic E-state index is 0.833. The summed E-state index contributed by atoms with van der Waals surface area (Å²) in [6.07, 6.45) is 0. The highest BCUT2D eigenvalue weighted by Gasteiger charge is 2.15. The van der Waals surface area contributed by atoms with Crippen molar-refractivity contribution in [3.05, 3.63) is 72.8 Å². The van der Waals surface area contributed by atoms with E-state index in [1.165, 1.54) is 0 Å². The third-order valence-electron chi connectivity index (χ3n) is 3.13. The molecule has 4 heteroatoms. The summed E-state index contributed by atoms with van der Waals surface area (Å²) in [4.78, 5) is 0. The van der Waals surface area contributed by atoms with Crippen molar-refractivity contribution in [1.29, 1.82) is 0 Å². The van der Waals surface area contributed by atoms with Crippen LogP contribution in [0.2, 0.25) is 0 Å². The van der Waals surface area contributed by atoms with E-state index in [2.05, 4.69) is 45.6 Å². The molecule has 0 N–H and O–H groups in total. The lowest BCUT2D eigenvalue weighted by Gasteiger charge is -2.10. The van der Waals surface area contributed by atoms with E-state index in [0.717, 1.165) is 33.6 Å². The number of rotatable bonds is 5. The first-order valence-electron chi connectivity index (χ1n) is 7.09. The average molecular weight is 307 g/mol. The third kappa shape index (κ3) is 3.12. The zero-order chi connectivity index (χ0) is 15.4. The van der Waals surface area contributed by atoms with Crippen LogP contribution in [0.4, 0.5) is 0 Å². The standard InChI is InChI=1S/C18H17N3S/c1-14(2)13-22-18-20-19-17(15-9-5-3-6-10-15)21(18)16-11-7-4-8-12-16/h3-12H,1,13H2,2H3. The van der Waals surface area contributed by atoms with Gasteiger partial charge in [-0.15, -0.1) is 10.2 Å². The second-order valence-electron chi connectivity index (χ2n) is 5.09. The number of benzene rings is 2. The molecule has 3 rings (SSSR count). The van der Waals surface area contributed by atoms with Gasteiger partial charge < -0.3 is 0 Å². The highest BCUT2D eigenvalue weighted by molar-refractivity contribution is 7.99. The van der Waals surface area contributed by atoms with Crippen molar-refractivity contribution >= 4 is 11.8 Å². The molecule has 110 valence electrons. The molecule has 1 heterocycles. The maximum Gasteiger partial charge on any atom is 0.196 e. The lowest BCUT2D eigenvalue weighted by atomic mass is 10.2. The molecular weight excluding hydrogens is 290 g/mol. The van der Waals surface area contributed by atoms with Gasteiger partial charge in [-0.2, -0.15) is 0 Å². The molecule has 1 aromatic heterocycles. The Hall–Kier alpha value is -2.33. The maximum absolute atomic E-state index is 4.40. The van der Waals surface area contributed by atoms with E-state index in [4.69, 9.17) is 0 Å². The number of hydrogen-bond donors (Lipinski definition) is 0. The van der Waals surface area contributed by atoms with Crippen LogP contribution in [0.1, 0.15) is 6.92 Å². The number of hydrogen-bond acceptors (Lipinski definition) is 3. The van der Waals surface area contributed by atoms with Crippen molar-refractivity contribution in [2.75, 3.05) is 5.75 Å². The minimum Gasteiger partial charge on any atom is -0.270 e. The maximum atomic E-state index is 4.40. The molecule has 3 aromatic rings.